The summed E-state index contributed by atoms with van der Waals surface area (Å²) in [7, 11) is 0. The van der Waals surface area contributed by atoms with Gasteiger partial charge in [0.05, 0.1) is 16.4 Å². The van der Waals surface area contributed by atoms with Gasteiger partial charge >= 0.3 is 0 Å². The maximum Gasteiger partial charge on any atom is 0.145 e. The van der Waals surface area contributed by atoms with Crippen LogP contribution in [0.1, 0.15) is 0 Å². The summed E-state index contributed by atoms with van der Waals surface area (Å²) in [6.45, 7) is 0. The summed E-state index contributed by atoms with van der Waals surface area (Å²) in [5.41, 5.74) is 7.75. The molecular weight excluding hydrogens is 470 g/mol. The molecule has 0 fully saturated rings. The number of para-hydroxylation sites is 2. The molecule has 0 atom stereocenters. The van der Waals surface area contributed by atoms with Crippen LogP contribution in [0.25, 0.3) is 60.6 Å². The molecule has 3 heteroatoms. The molecule has 2 aromatic heterocycles. The fourth-order valence-corrected chi connectivity index (χ4v) is 5.22. The van der Waals surface area contributed by atoms with Gasteiger partial charge in [0.15, 0.2) is 0 Å². The molecule has 0 aliphatic heterocycles. The Morgan fingerprint density at radius 1 is 0.545 bits per heavy atom. The van der Waals surface area contributed by atoms with E-state index in [2.05, 4.69) is 118 Å². The first-order chi connectivity index (χ1) is 16.3. The number of nitrogens with zero attached hydrogens (tertiary/aromatic N) is 1. The Kier molecular flexibility index (Phi) is 4.02. The maximum absolute atomic E-state index is 6.39. The van der Waals surface area contributed by atoms with Crippen LogP contribution in [0.3, 0.4) is 0 Å². The van der Waals surface area contributed by atoms with Crippen LogP contribution in [-0.2, 0) is 0 Å². The van der Waals surface area contributed by atoms with E-state index in [0.29, 0.717) is 0 Å². The van der Waals surface area contributed by atoms with Gasteiger partial charge in [0, 0.05) is 26.3 Å². The molecule has 0 aliphatic rings. The van der Waals surface area contributed by atoms with E-state index < -0.39 is 0 Å². The van der Waals surface area contributed by atoms with E-state index in [1.807, 2.05) is 12.1 Å². The molecule has 2 heterocycles. The van der Waals surface area contributed by atoms with Gasteiger partial charge in [0.1, 0.15) is 11.2 Å². The van der Waals surface area contributed by atoms with E-state index in [4.69, 9.17) is 4.42 Å². The van der Waals surface area contributed by atoms with Crippen LogP contribution in [0, 0.1) is 0 Å². The zero-order valence-electron chi connectivity index (χ0n) is 17.6. The lowest BCUT2D eigenvalue weighted by Crippen LogP contribution is -1.93. The van der Waals surface area contributed by atoms with E-state index in [1.54, 1.807) is 0 Å². The van der Waals surface area contributed by atoms with Gasteiger partial charge in [-0.25, -0.2) is 0 Å². The first-order valence-electron chi connectivity index (χ1n) is 11.0. The van der Waals surface area contributed by atoms with Gasteiger partial charge in [-0.3, -0.25) is 0 Å². The highest BCUT2D eigenvalue weighted by molar-refractivity contribution is 9.10. The highest BCUT2D eigenvalue weighted by Gasteiger charge is 2.18. The predicted molar refractivity (Wildman–Crippen MR) is 141 cm³/mol. The van der Waals surface area contributed by atoms with Crippen LogP contribution >= 0.6 is 15.9 Å². The summed E-state index contributed by atoms with van der Waals surface area (Å²) < 4.78 is 9.82. The van der Waals surface area contributed by atoms with Crippen molar-refractivity contribution >= 4 is 59.7 Å². The van der Waals surface area contributed by atoms with E-state index in [9.17, 15) is 0 Å². The largest absolute Gasteiger partial charge is 0.455 e. The lowest BCUT2D eigenvalue weighted by Gasteiger charge is -2.09. The summed E-state index contributed by atoms with van der Waals surface area (Å²) in [5, 5.41) is 4.68. The molecular formula is C30H18BrNO. The molecule has 0 amide bonds. The maximum atomic E-state index is 6.39. The van der Waals surface area contributed by atoms with Crippen LogP contribution in [-0.4, -0.2) is 4.57 Å². The Balaban J connectivity index is 1.50. The number of rotatable bonds is 2. The van der Waals surface area contributed by atoms with Crippen molar-refractivity contribution in [1.82, 2.24) is 4.57 Å². The molecule has 0 saturated heterocycles. The number of aromatic nitrogens is 1. The van der Waals surface area contributed by atoms with Crippen LogP contribution in [0.4, 0.5) is 0 Å². The molecule has 0 N–H and O–H groups in total. The quantitative estimate of drug-likeness (QED) is 0.237. The first-order valence-corrected chi connectivity index (χ1v) is 11.8. The zero-order valence-corrected chi connectivity index (χ0v) is 19.2. The lowest BCUT2D eigenvalue weighted by molar-refractivity contribution is 0.673. The molecule has 2 nitrogen and oxygen atoms in total. The van der Waals surface area contributed by atoms with Gasteiger partial charge in [0.2, 0.25) is 0 Å². The first kappa shape index (κ1) is 18.7. The van der Waals surface area contributed by atoms with Crippen molar-refractivity contribution in [2.75, 3.05) is 0 Å². The Morgan fingerprint density at radius 3 is 2.00 bits per heavy atom. The Labute approximate surface area is 198 Å². The third-order valence-electron chi connectivity index (χ3n) is 6.48. The number of hydrogen-bond donors (Lipinski definition) is 0. The minimum atomic E-state index is 0.927. The number of halogens is 1. The van der Waals surface area contributed by atoms with Crippen LogP contribution < -0.4 is 0 Å². The predicted octanol–water partition coefficient (Wildman–Crippen LogP) is 9.11. The summed E-state index contributed by atoms with van der Waals surface area (Å²) in [4.78, 5) is 0. The highest BCUT2D eigenvalue weighted by Crippen LogP contribution is 2.40. The lowest BCUT2D eigenvalue weighted by atomic mass is 10.1. The van der Waals surface area contributed by atoms with Crippen LogP contribution in [0.2, 0.25) is 0 Å². The van der Waals surface area contributed by atoms with Gasteiger partial charge in [-0.1, -0.05) is 76.6 Å². The van der Waals surface area contributed by atoms with Crippen molar-refractivity contribution < 1.29 is 4.42 Å². The highest BCUT2D eigenvalue weighted by atomic mass is 79.9. The number of benzene rings is 5. The molecule has 0 spiro atoms. The normalized spacial score (nSPS) is 11.8. The third kappa shape index (κ3) is 2.79. The number of hydrogen-bond acceptors (Lipinski definition) is 1. The van der Waals surface area contributed by atoms with Crippen molar-refractivity contribution in [2.45, 2.75) is 0 Å². The molecule has 0 aliphatic carbocycles. The van der Waals surface area contributed by atoms with Crippen molar-refractivity contribution in [1.29, 1.82) is 0 Å². The number of fused-ring (bicyclic) bond motifs is 7. The second-order valence-electron chi connectivity index (χ2n) is 8.34. The average molecular weight is 488 g/mol. The standard InChI is InChI=1S/C30H18BrNO/c31-21-13-9-19(10-14-21)20-11-15-22(16-12-20)32-26-7-3-1-6-25(26)29-27(32)18-17-24-23-5-2-4-8-28(23)33-30(24)29/h1-18H. The smallest absolute Gasteiger partial charge is 0.145 e. The average Bonchev–Trinajstić information content (AvgIpc) is 3.40. The monoisotopic (exact) mass is 487 g/mol. The molecule has 33 heavy (non-hydrogen) atoms. The zero-order chi connectivity index (χ0) is 21.9. The van der Waals surface area contributed by atoms with Gasteiger partial charge in [0.25, 0.3) is 0 Å². The molecule has 156 valence electrons. The van der Waals surface area contributed by atoms with Gasteiger partial charge < -0.3 is 8.98 Å². The molecule has 7 rings (SSSR count). The summed E-state index contributed by atoms with van der Waals surface area (Å²) in [6.07, 6.45) is 0. The molecule has 0 unspecified atom stereocenters. The Morgan fingerprint density at radius 2 is 1.21 bits per heavy atom. The van der Waals surface area contributed by atoms with E-state index in [0.717, 1.165) is 43.0 Å². The Bertz CT molecular complexity index is 1810. The fourth-order valence-electron chi connectivity index (χ4n) is 4.96. The molecule has 7 aromatic rings. The second kappa shape index (κ2) is 7.09. The van der Waals surface area contributed by atoms with E-state index in [1.165, 1.54) is 22.0 Å². The molecule has 0 bridgehead atoms. The van der Waals surface area contributed by atoms with Gasteiger partial charge in [-0.2, -0.15) is 0 Å². The second-order valence-corrected chi connectivity index (χ2v) is 9.26. The van der Waals surface area contributed by atoms with Crippen molar-refractivity contribution in [3.8, 4) is 16.8 Å². The van der Waals surface area contributed by atoms with Gasteiger partial charge in [-0.15, -0.1) is 0 Å². The van der Waals surface area contributed by atoms with Gasteiger partial charge in [-0.05, 0) is 59.7 Å². The summed E-state index contributed by atoms with van der Waals surface area (Å²) >= 11 is 3.52. The van der Waals surface area contributed by atoms with Crippen LogP contribution in [0.15, 0.2) is 118 Å². The molecule has 0 saturated carbocycles. The topological polar surface area (TPSA) is 18.1 Å². The summed E-state index contributed by atoms with van der Waals surface area (Å²) in [6, 6.07) is 38.5. The minimum absolute atomic E-state index is 0.927. The summed E-state index contributed by atoms with van der Waals surface area (Å²) in [5.74, 6) is 0. The van der Waals surface area contributed by atoms with Crippen molar-refractivity contribution in [2.24, 2.45) is 0 Å². The Hall–Kier alpha value is -3.82. The van der Waals surface area contributed by atoms with E-state index in [-0.39, 0.29) is 0 Å². The molecule has 0 radical (unpaired) electrons. The fraction of sp³-hybridized carbons (Fsp3) is 0. The third-order valence-corrected chi connectivity index (χ3v) is 7.01. The SMILES string of the molecule is Brc1ccc(-c2ccc(-n3c4ccccc4c4c5oc6ccccc6c5ccc43)cc2)cc1. The minimum Gasteiger partial charge on any atom is -0.455 e. The number of furan rings is 1. The van der Waals surface area contributed by atoms with E-state index >= 15 is 0 Å². The van der Waals surface area contributed by atoms with Crippen molar-refractivity contribution in [3.05, 3.63) is 114 Å². The van der Waals surface area contributed by atoms with Crippen LogP contribution in [0.5, 0.6) is 0 Å². The van der Waals surface area contributed by atoms with Crippen molar-refractivity contribution in [3.63, 3.8) is 0 Å². The molecule has 5 aromatic carbocycles.